The number of rotatable bonds is 4. The molecular weight excluding hydrogens is 366 g/mol. The molecule has 0 bridgehead atoms. The fourth-order valence-corrected chi connectivity index (χ4v) is 4.70. The van der Waals surface area contributed by atoms with E-state index in [4.69, 9.17) is 4.98 Å². The van der Waals surface area contributed by atoms with Crippen LogP contribution >= 0.6 is 11.8 Å². The molecular formula is C23H25N3OS. The van der Waals surface area contributed by atoms with Crippen molar-refractivity contribution in [2.45, 2.75) is 24.1 Å². The summed E-state index contributed by atoms with van der Waals surface area (Å²) in [4.78, 5) is 22.0. The van der Waals surface area contributed by atoms with E-state index < -0.39 is 0 Å². The Balaban J connectivity index is 1.39. The lowest BCUT2D eigenvalue weighted by atomic mass is 10.1. The van der Waals surface area contributed by atoms with Crippen LogP contribution < -0.4 is 4.90 Å². The number of nitrogens with zero attached hydrogens (tertiary/aromatic N) is 3. The lowest BCUT2D eigenvalue weighted by molar-refractivity contribution is -0.130. The highest BCUT2D eigenvalue weighted by atomic mass is 32.2. The Labute approximate surface area is 170 Å². The average molecular weight is 392 g/mol. The summed E-state index contributed by atoms with van der Waals surface area (Å²) in [5.41, 5.74) is 3.42. The zero-order valence-corrected chi connectivity index (χ0v) is 17.2. The van der Waals surface area contributed by atoms with Gasteiger partial charge in [-0.25, -0.2) is 4.98 Å². The van der Waals surface area contributed by atoms with E-state index in [0.717, 1.165) is 36.7 Å². The number of fused-ring (bicyclic) bond motifs is 1. The largest absolute Gasteiger partial charge is 0.368 e. The number of carbonyl (C=O) groups is 1. The molecule has 1 aliphatic heterocycles. The predicted molar refractivity (Wildman–Crippen MR) is 117 cm³/mol. The van der Waals surface area contributed by atoms with Gasteiger partial charge in [-0.3, -0.25) is 4.79 Å². The highest BCUT2D eigenvalue weighted by Gasteiger charge is 2.26. The number of aryl methyl sites for hydroxylation is 1. The highest BCUT2D eigenvalue weighted by Crippen LogP contribution is 2.28. The second kappa shape index (κ2) is 8.23. The van der Waals surface area contributed by atoms with Crippen LogP contribution in [0, 0.1) is 6.92 Å². The number of anilines is 1. The fourth-order valence-electron chi connectivity index (χ4n) is 3.69. The normalized spacial score (nSPS) is 15.6. The minimum absolute atomic E-state index is 0.142. The SMILES string of the molecule is Cc1cc(SC(C)C(=O)N2CCN(c3ccccc3)CC2)nc2ccccc12. The van der Waals surface area contributed by atoms with Gasteiger partial charge < -0.3 is 9.80 Å². The van der Waals surface area contributed by atoms with Crippen LogP contribution in [-0.2, 0) is 4.79 Å². The van der Waals surface area contributed by atoms with E-state index >= 15 is 0 Å². The van der Waals surface area contributed by atoms with Crippen LogP contribution in [-0.4, -0.2) is 47.2 Å². The fraction of sp³-hybridized carbons (Fsp3) is 0.304. The third kappa shape index (κ3) is 3.99. The molecule has 28 heavy (non-hydrogen) atoms. The molecule has 4 nitrogen and oxygen atoms in total. The molecule has 1 atom stereocenters. The molecule has 2 heterocycles. The van der Waals surface area contributed by atoms with Crippen LogP contribution in [0.4, 0.5) is 5.69 Å². The summed E-state index contributed by atoms with van der Waals surface area (Å²) in [6.07, 6.45) is 0. The molecule has 0 saturated carbocycles. The second-order valence-corrected chi connectivity index (χ2v) is 8.56. The highest BCUT2D eigenvalue weighted by molar-refractivity contribution is 8.00. The van der Waals surface area contributed by atoms with Gasteiger partial charge >= 0.3 is 0 Å². The van der Waals surface area contributed by atoms with Crippen LogP contribution in [0.3, 0.4) is 0 Å². The standard InChI is InChI=1S/C23H25N3OS/c1-17-16-22(24-21-11-7-6-10-20(17)21)28-18(2)23(27)26-14-12-25(13-15-26)19-8-4-3-5-9-19/h3-11,16,18H,12-15H2,1-2H3. The first-order valence-electron chi connectivity index (χ1n) is 9.73. The second-order valence-electron chi connectivity index (χ2n) is 7.20. The summed E-state index contributed by atoms with van der Waals surface area (Å²) >= 11 is 1.56. The Bertz CT molecular complexity index is 968. The van der Waals surface area contributed by atoms with Crippen molar-refractivity contribution in [2.24, 2.45) is 0 Å². The number of piperazine rings is 1. The van der Waals surface area contributed by atoms with Crippen molar-refractivity contribution in [3.05, 3.63) is 66.2 Å². The lowest BCUT2D eigenvalue weighted by Crippen LogP contribution is -2.50. The molecule has 2 aromatic carbocycles. The number of para-hydroxylation sites is 2. The minimum atomic E-state index is -0.142. The van der Waals surface area contributed by atoms with Crippen molar-refractivity contribution >= 4 is 34.3 Å². The van der Waals surface area contributed by atoms with E-state index in [9.17, 15) is 4.79 Å². The average Bonchev–Trinajstić information content (AvgIpc) is 2.74. The van der Waals surface area contributed by atoms with Gasteiger partial charge in [-0.05, 0) is 43.7 Å². The first-order valence-corrected chi connectivity index (χ1v) is 10.6. The Morgan fingerprint density at radius 1 is 1.00 bits per heavy atom. The minimum Gasteiger partial charge on any atom is -0.368 e. The number of aromatic nitrogens is 1. The summed E-state index contributed by atoms with van der Waals surface area (Å²) in [5.74, 6) is 0.199. The van der Waals surface area contributed by atoms with Crippen molar-refractivity contribution in [1.29, 1.82) is 0 Å². The van der Waals surface area contributed by atoms with Crippen LogP contribution in [0.15, 0.2) is 65.7 Å². The van der Waals surface area contributed by atoms with Crippen molar-refractivity contribution in [3.8, 4) is 0 Å². The van der Waals surface area contributed by atoms with E-state index in [2.05, 4.69) is 48.2 Å². The molecule has 1 unspecified atom stereocenters. The first kappa shape index (κ1) is 18.8. The molecule has 0 N–H and O–H groups in total. The smallest absolute Gasteiger partial charge is 0.235 e. The summed E-state index contributed by atoms with van der Waals surface area (Å²) in [6, 6.07) is 20.7. The van der Waals surface area contributed by atoms with Crippen LogP contribution in [0.5, 0.6) is 0 Å². The number of pyridine rings is 1. The molecule has 0 radical (unpaired) electrons. The van der Waals surface area contributed by atoms with Crippen LogP contribution in [0.2, 0.25) is 0 Å². The Hall–Kier alpha value is -2.53. The van der Waals surface area contributed by atoms with Crippen molar-refractivity contribution < 1.29 is 4.79 Å². The maximum absolute atomic E-state index is 13.0. The lowest BCUT2D eigenvalue weighted by Gasteiger charge is -2.37. The Morgan fingerprint density at radius 3 is 2.43 bits per heavy atom. The number of amides is 1. The van der Waals surface area contributed by atoms with Crippen LogP contribution in [0.1, 0.15) is 12.5 Å². The van der Waals surface area contributed by atoms with E-state index in [1.807, 2.05) is 36.1 Å². The molecule has 1 aromatic heterocycles. The van der Waals surface area contributed by atoms with Gasteiger partial charge in [0.2, 0.25) is 5.91 Å². The molecule has 1 aliphatic rings. The van der Waals surface area contributed by atoms with E-state index in [-0.39, 0.29) is 11.2 Å². The molecule has 1 amide bonds. The van der Waals surface area contributed by atoms with Gasteiger partial charge in [0.15, 0.2) is 0 Å². The molecule has 1 fully saturated rings. The monoisotopic (exact) mass is 391 g/mol. The Kier molecular flexibility index (Phi) is 5.53. The maximum Gasteiger partial charge on any atom is 0.235 e. The molecule has 1 saturated heterocycles. The zero-order chi connectivity index (χ0) is 19.5. The molecule has 0 spiro atoms. The number of hydrogen-bond donors (Lipinski definition) is 0. The summed E-state index contributed by atoms with van der Waals surface area (Å²) in [7, 11) is 0. The maximum atomic E-state index is 13.0. The van der Waals surface area contributed by atoms with Crippen molar-refractivity contribution in [1.82, 2.24) is 9.88 Å². The van der Waals surface area contributed by atoms with Gasteiger partial charge in [0.25, 0.3) is 0 Å². The Morgan fingerprint density at radius 2 is 1.68 bits per heavy atom. The molecule has 5 heteroatoms. The molecule has 3 aromatic rings. The predicted octanol–water partition coefficient (Wildman–Crippen LogP) is 4.37. The molecule has 144 valence electrons. The van der Waals surface area contributed by atoms with E-state index in [1.165, 1.54) is 16.6 Å². The number of carbonyl (C=O) groups excluding carboxylic acids is 1. The van der Waals surface area contributed by atoms with Gasteiger partial charge in [0.05, 0.1) is 15.8 Å². The summed E-state index contributed by atoms with van der Waals surface area (Å²) < 4.78 is 0. The molecule has 0 aliphatic carbocycles. The zero-order valence-electron chi connectivity index (χ0n) is 16.3. The summed E-state index contributed by atoms with van der Waals surface area (Å²) in [5, 5.41) is 1.94. The number of benzene rings is 2. The van der Waals surface area contributed by atoms with E-state index in [1.54, 1.807) is 11.8 Å². The number of hydrogen-bond acceptors (Lipinski definition) is 4. The summed E-state index contributed by atoms with van der Waals surface area (Å²) in [6.45, 7) is 7.37. The van der Waals surface area contributed by atoms with Gasteiger partial charge in [0.1, 0.15) is 0 Å². The third-order valence-electron chi connectivity index (χ3n) is 5.26. The van der Waals surface area contributed by atoms with Crippen molar-refractivity contribution in [3.63, 3.8) is 0 Å². The first-order chi connectivity index (χ1) is 13.6. The third-order valence-corrected chi connectivity index (χ3v) is 6.26. The van der Waals surface area contributed by atoms with Crippen molar-refractivity contribution in [2.75, 3.05) is 31.1 Å². The van der Waals surface area contributed by atoms with Gasteiger partial charge in [0, 0.05) is 37.3 Å². The number of thioether (sulfide) groups is 1. The van der Waals surface area contributed by atoms with Crippen LogP contribution in [0.25, 0.3) is 10.9 Å². The molecule has 4 rings (SSSR count). The van der Waals surface area contributed by atoms with Gasteiger partial charge in [-0.1, -0.05) is 48.2 Å². The quantitative estimate of drug-likeness (QED) is 0.619. The van der Waals surface area contributed by atoms with Gasteiger partial charge in [-0.2, -0.15) is 0 Å². The van der Waals surface area contributed by atoms with E-state index in [0.29, 0.717) is 0 Å². The van der Waals surface area contributed by atoms with Gasteiger partial charge in [-0.15, -0.1) is 0 Å². The topological polar surface area (TPSA) is 36.4 Å².